The van der Waals surface area contributed by atoms with E-state index in [2.05, 4.69) is 0 Å². The van der Waals surface area contributed by atoms with E-state index in [0.29, 0.717) is 34.6 Å². The minimum atomic E-state index is -0.210. The summed E-state index contributed by atoms with van der Waals surface area (Å²) in [6, 6.07) is 8.01. The van der Waals surface area contributed by atoms with Crippen molar-refractivity contribution in [3.63, 3.8) is 0 Å². The van der Waals surface area contributed by atoms with Crippen molar-refractivity contribution in [1.82, 2.24) is 0 Å². The number of hydrogen-bond donors (Lipinski definition) is 2. The summed E-state index contributed by atoms with van der Waals surface area (Å²) in [6.45, 7) is 0.182. The maximum Gasteiger partial charge on any atom is 0.231 e. The monoisotopic (exact) mass is 296 g/mol. The molecule has 2 aromatic rings. The van der Waals surface area contributed by atoms with Crippen LogP contribution in [0.3, 0.4) is 0 Å². The Kier molecular flexibility index (Phi) is 2.63. The molecule has 5 heteroatoms. The molecule has 1 aliphatic heterocycles. The molecule has 110 valence electrons. The number of carbonyl (C=O) groups excluding carboxylic acids is 1. The average Bonchev–Trinajstić information content (AvgIpc) is 3.06. The van der Waals surface area contributed by atoms with Crippen LogP contribution in [-0.4, -0.2) is 22.8 Å². The second kappa shape index (κ2) is 4.53. The van der Waals surface area contributed by atoms with E-state index < -0.39 is 0 Å². The number of fused-ring (bicyclic) bond motifs is 2. The number of phenolic OH excluding ortho intramolecular Hbond substituents is 2. The summed E-state index contributed by atoms with van der Waals surface area (Å²) in [5.41, 5.74) is 2.82. The van der Waals surface area contributed by atoms with Crippen molar-refractivity contribution in [2.75, 3.05) is 6.79 Å². The van der Waals surface area contributed by atoms with E-state index >= 15 is 0 Å². The van der Waals surface area contributed by atoms with Crippen LogP contribution in [0.5, 0.6) is 23.0 Å². The Hall–Kier alpha value is -2.95. The lowest BCUT2D eigenvalue weighted by Gasteiger charge is -2.00. The van der Waals surface area contributed by atoms with E-state index in [0.717, 1.165) is 5.56 Å². The number of ether oxygens (including phenoxy) is 2. The van der Waals surface area contributed by atoms with Crippen LogP contribution in [0.15, 0.2) is 35.9 Å². The van der Waals surface area contributed by atoms with E-state index in [4.69, 9.17) is 9.47 Å². The molecule has 1 aliphatic carbocycles. The molecule has 1 heterocycles. The summed E-state index contributed by atoms with van der Waals surface area (Å²) in [4.78, 5) is 12.5. The van der Waals surface area contributed by atoms with Crippen LogP contribution in [-0.2, 0) is 6.42 Å². The molecule has 0 radical (unpaired) electrons. The standard InChI is InChI=1S/C17H12O5/c18-13-2-1-9(4-14(13)19)3-11-5-10-6-15-16(22-8-21-15)7-12(10)17(11)20/h1-4,6-7,18-19H,5,8H2/b11-3+. The van der Waals surface area contributed by atoms with E-state index in [1.54, 1.807) is 18.2 Å². The predicted octanol–water partition coefficient (Wildman–Crippen LogP) is 2.65. The van der Waals surface area contributed by atoms with Crippen LogP contribution in [0.2, 0.25) is 0 Å². The summed E-state index contributed by atoms with van der Waals surface area (Å²) < 4.78 is 10.6. The van der Waals surface area contributed by atoms with Crippen LogP contribution >= 0.6 is 0 Å². The molecule has 0 atom stereocenters. The van der Waals surface area contributed by atoms with Crippen LogP contribution in [0.25, 0.3) is 6.08 Å². The molecule has 0 aromatic heterocycles. The SMILES string of the molecule is O=C1/C(=C/c2ccc(O)c(O)c2)Cc2cc3c(cc21)OCO3. The minimum absolute atomic E-state index is 0.0548. The molecule has 2 N–H and O–H groups in total. The molecular weight excluding hydrogens is 284 g/mol. The molecule has 22 heavy (non-hydrogen) atoms. The van der Waals surface area contributed by atoms with Crippen molar-refractivity contribution in [2.24, 2.45) is 0 Å². The van der Waals surface area contributed by atoms with Gasteiger partial charge in [-0.05, 0) is 41.5 Å². The summed E-state index contributed by atoms with van der Waals surface area (Å²) in [6.07, 6.45) is 2.22. The smallest absolute Gasteiger partial charge is 0.231 e. The van der Waals surface area contributed by atoms with Gasteiger partial charge in [0.2, 0.25) is 6.79 Å². The fraction of sp³-hybridized carbons (Fsp3) is 0.118. The van der Waals surface area contributed by atoms with Gasteiger partial charge < -0.3 is 19.7 Å². The maximum atomic E-state index is 12.5. The summed E-state index contributed by atoms with van der Waals surface area (Å²) >= 11 is 0. The molecule has 0 spiro atoms. The molecule has 0 amide bonds. The lowest BCUT2D eigenvalue weighted by atomic mass is 10.1. The molecule has 5 nitrogen and oxygen atoms in total. The number of phenols is 2. The normalized spacial score (nSPS) is 17.1. The summed E-state index contributed by atoms with van der Waals surface area (Å²) in [7, 11) is 0. The second-order valence-corrected chi connectivity index (χ2v) is 5.29. The Morgan fingerprint density at radius 2 is 1.77 bits per heavy atom. The zero-order chi connectivity index (χ0) is 15.3. The number of benzene rings is 2. The second-order valence-electron chi connectivity index (χ2n) is 5.29. The predicted molar refractivity (Wildman–Crippen MR) is 78.3 cm³/mol. The van der Waals surface area contributed by atoms with Crippen LogP contribution in [0, 0.1) is 0 Å². The molecule has 2 aliphatic rings. The Morgan fingerprint density at radius 3 is 2.55 bits per heavy atom. The van der Waals surface area contributed by atoms with Crippen molar-refractivity contribution in [3.05, 3.63) is 52.6 Å². The highest BCUT2D eigenvalue weighted by Gasteiger charge is 2.28. The third-order valence-corrected chi connectivity index (χ3v) is 3.86. The van der Waals surface area contributed by atoms with Crippen molar-refractivity contribution in [3.8, 4) is 23.0 Å². The Bertz CT molecular complexity index is 835. The molecule has 0 saturated heterocycles. The summed E-state index contributed by atoms with van der Waals surface area (Å²) in [5, 5.41) is 18.9. The third-order valence-electron chi connectivity index (χ3n) is 3.86. The van der Waals surface area contributed by atoms with Crippen molar-refractivity contribution in [2.45, 2.75) is 6.42 Å². The zero-order valence-electron chi connectivity index (χ0n) is 11.5. The van der Waals surface area contributed by atoms with E-state index in [9.17, 15) is 15.0 Å². The Morgan fingerprint density at radius 1 is 1.00 bits per heavy atom. The number of allylic oxidation sites excluding steroid dienone is 1. The molecule has 0 bridgehead atoms. The van der Waals surface area contributed by atoms with Gasteiger partial charge in [-0.1, -0.05) is 6.07 Å². The molecular formula is C17H12O5. The van der Waals surface area contributed by atoms with Gasteiger partial charge in [0.25, 0.3) is 0 Å². The van der Waals surface area contributed by atoms with Gasteiger partial charge in [0.15, 0.2) is 28.8 Å². The van der Waals surface area contributed by atoms with Gasteiger partial charge in [-0.3, -0.25) is 4.79 Å². The number of Topliss-reactive ketones (excluding diaryl/α,β-unsaturated/α-hetero) is 1. The number of aromatic hydroxyl groups is 2. The number of rotatable bonds is 1. The fourth-order valence-corrected chi connectivity index (χ4v) is 2.75. The number of ketones is 1. The van der Waals surface area contributed by atoms with Crippen molar-refractivity contribution >= 4 is 11.9 Å². The van der Waals surface area contributed by atoms with E-state index in [1.807, 2.05) is 6.07 Å². The largest absolute Gasteiger partial charge is 0.504 e. The molecule has 0 saturated carbocycles. The van der Waals surface area contributed by atoms with Gasteiger partial charge >= 0.3 is 0 Å². The van der Waals surface area contributed by atoms with Crippen LogP contribution < -0.4 is 9.47 Å². The Balaban J connectivity index is 1.72. The van der Waals surface area contributed by atoms with Crippen molar-refractivity contribution < 1.29 is 24.5 Å². The maximum absolute atomic E-state index is 12.5. The van der Waals surface area contributed by atoms with Crippen LogP contribution in [0.1, 0.15) is 21.5 Å². The summed E-state index contributed by atoms with van der Waals surface area (Å²) in [5.74, 6) is 0.804. The van der Waals surface area contributed by atoms with Gasteiger partial charge in [-0.25, -0.2) is 0 Å². The minimum Gasteiger partial charge on any atom is -0.504 e. The van der Waals surface area contributed by atoms with Crippen LogP contribution in [0.4, 0.5) is 0 Å². The highest BCUT2D eigenvalue weighted by molar-refractivity contribution is 6.16. The van der Waals surface area contributed by atoms with E-state index in [1.165, 1.54) is 12.1 Å². The first kappa shape index (κ1) is 12.8. The van der Waals surface area contributed by atoms with Gasteiger partial charge in [-0.2, -0.15) is 0 Å². The molecule has 2 aromatic carbocycles. The molecule has 0 unspecified atom stereocenters. The van der Waals surface area contributed by atoms with Gasteiger partial charge in [0.1, 0.15) is 0 Å². The Labute approximate surface area is 126 Å². The highest BCUT2D eigenvalue weighted by Crippen LogP contribution is 2.39. The average molecular weight is 296 g/mol. The van der Waals surface area contributed by atoms with Gasteiger partial charge in [-0.15, -0.1) is 0 Å². The first-order valence-electron chi connectivity index (χ1n) is 6.81. The third kappa shape index (κ3) is 1.90. The zero-order valence-corrected chi connectivity index (χ0v) is 11.5. The van der Waals surface area contributed by atoms with E-state index in [-0.39, 0.29) is 24.1 Å². The topological polar surface area (TPSA) is 76.0 Å². The quantitative estimate of drug-likeness (QED) is 0.625. The lowest BCUT2D eigenvalue weighted by Crippen LogP contribution is -1.96. The first-order chi connectivity index (χ1) is 10.6. The first-order valence-corrected chi connectivity index (χ1v) is 6.81. The van der Waals surface area contributed by atoms with Crippen molar-refractivity contribution in [1.29, 1.82) is 0 Å². The molecule has 0 fully saturated rings. The number of hydrogen-bond acceptors (Lipinski definition) is 5. The van der Waals surface area contributed by atoms with Gasteiger partial charge in [0, 0.05) is 17.6 Å². The fourth-order valence-electron chi connectivity index (χ4n) is 2.75. The number of carbonyl (C=O) groups is 1. The van der Waals surface area contributed by atoms with Gasteiger partial charge in [0.05, 0.1) is 0 Å². The lowest BCUT2D eigenvalue weighted by molar-refractivity contribution is 0.104. The highest BCUT2D eigenvalue weighted by atomic mass is 16.7. The molecule has 4 rings (SSSR count).